The molecule has 0 aliphatic carbocycles. The number of aromatic carboxylic acids is 1. The number of ether oxygens (including phenoxy) is 1. The number of hydrogen-bond acceptors (Lipinski definition) is 9. The third-order valence-electron chi connectivity index (χ3n) is 3.24. The summed E-state index contributed by atoms with van der Waals surface area (Å²) in [5.74, 6) is -2.21. The molecule has 158 valence electrons. The van der Waals surface area contributed by atoms with Crippen LogP contribution in [0.5, 0.6) is 0 Å². The molecular formula is C15H9Cl2N3O10. The van der Waals surface area contributed by atoms with Crippen LogP contribution in [0.15, 0.2) is 30.3 Å². The smallest absolute Gasteiger partial charge is 0.339 e. The van der Waals surface area contributed by atoms with E-state index in [1.807, 2.05) is 0 Å². The molecule has 0 aromatic heterocycles. The van der Waals surface area contributed by atoms with E-state index in [-0.39, 0.29) is 10.6 Å². The Bertz CT molecular complexity index is 1060. The Morgan fingerprint density at radius 1 is 0.933 bits per heavy atom. The number of carboxylic acid groups (broad SMARTS) is 1. The van der Waals surface area contributed by atoms with Crippen molar-refractivity contribution in [3.63, 3.8) is 0 Å². The standard InChI is InChI=1S/C8H5ClN2O6.C7H4ClNO4/c1-17-8(12)5-2-4(10(13)14)3-6(7(5)9)11(15)16;8-5-2-1-4(7(10)11)3-6(5)9(12)13/h2-3H,1H3;1-3H,(H,10,11). The molecule has 1 N–H and O–H groups in total. The van der Waals surface area contributed by atoms with Gasteiger partial charge in [-0.05, 0) is 12.1 Å². The number of carboxylic acids is 1. The molecule has 0 bridgehead atoms. The van der Waals surface area contributed by atoms with Gasteiger partial charge in [-0.2, -0.15) is 0 Å². The van der Waals surface area contributed by atoms with Crippen LogP contribution >= 0.6 is 23.2 Å². The summed E-state index contributed by atoms with van der Waals surface area (Å²) in [6.07, 6.45) is 0. The van der Waals surface area contributed by atoms with Gasteiger partial charge < -0.3 is 9.84 Å². The molecule has 30 heavy (non-hydrogen) atoms. The summed E-state index contributed by atoms with van der Waals surface area (Å²) in [6, 6.07) is 4.81. The zero-order chi connectivity index (χ0) is 23.2. The molecule has 0 amide bonds. The van der Waals surface area contributed by atoms with Crippen molar-refractivity contribution in [3.8, 4) is 0 Å². The maximum Gasteiger partial charge on any atom is 0.339 e. The lowest BCUT2D eigenvalue weighted by Crippen LogP contribution is -2.05. The number of nitro benzene ring substituents is 3. The second-order valence-corrected chi connectivity index (χ2v) is 5.85. The van der Waals surface area contributed by atoms with E-state index < -0.39 is 54.4 Å². The minimum Gasteiger partial charge on any atom is -0.478 e. The Morgan fingerprint density at radius 3 is 1.93 bits per heavy atom. The number of non-ortho nitro benzene ring substituents is 1. The monoisotopic (exact) mass is 461 g/mol. The summed E-state index contributed by atoms with van der Waals surface area (Å²) in [5.41, 5.74) is -2.31. The van der Waals surface area contributed by atoms with Gasteiger partial charge in [-0.25, -0.2) is 9.59 Å². The predicted molar refractivity (Wildman–Crippen MR) is 101 cm³/mol. The first kappa shape index (κ1) is 24.2. The van der Waals surface area contributed by atoms with Crippen molar-refractivity contribution in [1.29, 1.82) is 0 Å². The van der Waals surface area contributed by atoms with E-state index in [0.717, 1.165) is 19.2 Å². The molecule has 2 rings (SSSR count). The Hall–Kier alpha value is -3.84. The topological polar surface area (TPSA) is 193 Å². The minimum absolute atomic E-state index is 0.0741. The molecule has 0 aliphatic heterocycles. The fourth-order valence-electron chi connectivity index (χ4n) is 1.88. The maximum absolute atomic E-state index is 11.2. The molecule has 2 aromatic rings. The van der Waals surface area contributed by atoms with E-state index in [4.69, 9.17) is 28.3 Å². The van der Waals surface area contributed by atoms with Gasteiger partial charge in [0.15, 0.2) is 0 Å². The Labute approximate surface area is 175 Å². The molecule has 0 spiro atoms. The highest BCUT2D eigenvalue weighted by Gasteiger charge is 2.26. The van der Waals surface area contributed by atoms with E-state index in [1.54, 1.807) is 0 Å². The lowest BCUT2D eigenvalue weighted by Gasteiger charge is -2.02. The second-order valence-electron chi connectivity index (χ2n) is 5.06. The number of esters is 1. The number of carbonyl (C=O) groups is 2. The molecule has 0 aliphatic rings. The molecule has 13 nitrogen and oxygen atoms in total. The Kier molecular flexibility index (Phi) is 8.13. The van der Waals surface area contributed by atoms with Crippen molar-refractivity contribution < 1.29 is 34.2 Å². The number of benzene rings is 2. The van der Waals surface area contributed by atoms with Crippen molar-refractivity contribution in [2.45, 2.75) is 0 Å². The van der Waals surface area contributed by atoms with Crippen LogP contribution in [0, 0.1) is 30.3 Å². The first-order chi connectivity index (χ1) is 13.9. The number of methoxy groups -OCH3 is 1. The van der Waals surface area contributed by atoms with Crippen molar-refractivity contribution in [3.05, 3.63) is 81.8 Å². The molecule has 2 aromatic carbocycles. The average molecular weight is 462 g/mol. The number of carbonyl (C=O) groups excluding carboxylic acids is 1. The quantitative estimate of drug-likeness (QED) is 0.387. The number of nitro groups is 3. The molecule has 0 heterocycles. The van der Waals surface area contributed by atoms with Gasteiger partial charge in [0.2, 0.25) is 0 Å². The zero-order valence-electron chi connectivity index (χ0n) is 14.6. The van der Waals surface area contributed by atoms with Gasteiger partial charge in [0, 0.05) is 12.1 Å². The lowest BCUT2D eigenvalue weighted by molar-refractivity contribution is -0.394. The van der Waals surface area contributed by atoms with E-state index in [2.05, 4.69) is 4.74 Å². The molecule has 0 fully saturated rings. The zero-order valence-corrected chi connectivity index (χ0v) is 16.1. The van der Waals surface area contributed by atoms with Gasteiger partial charge >= 0.3 is 11.9 Å². The minimum atomic E-state index is -1.22. The first-order valence-electron chi connectivity index (χ1n) is 7.28. The van der Waals surface area contributed by atoms with Crippen LogP contribution in [0.25, 0.3) is 0 Å². The summed E-state index contributed by atoms with van der Waals surface area (Å²) in [7, 11) is 1.03. The summed E-state index contributed by atoms with van der Waals surface area (Å²) in [6.45, 7) is 0. The molecule has 15 heteroatoms. The highest BCUT2D eigenvalue weighted by molar-refractivity contribution is 6.35. The van der Waals surface area contributed by atoms with Crippen LogP contribution in [-0.4, -0.2) is 38.9 Å². The third-order valence-corrected chi connectivity index (χ3v) is 3.96. The van der Waals surface area contributed by atoms with E-state index in [1.165, 1.54) is 12.1 Å². The fourth-order valence-corrected chi connectivity index (χ4v) is 2.32. The normalized spacial score (nSPS) is 9.70. The SMILES string of the molecule is COC(=O)c1cc([N+](=O)[O-])cc([N+](=O)[O-])c1Cl.O=C(O)c1ccc(Cl)c([N+](=O)[O-])c1. The maximum atomic E-state index is 11.2. The van der Waals surface area contributed by atoms with Crippen LogP contribution < -0.4 is 0 Å². The molecule has 0 unspecified atom stereocenters. The van der Waals surface area contributed by atoms with Gasteiger partial charge in [0.05, 0.1) is 39.1 Å². The van der Waals surface area contributed by atoms with Gasteiger partial charge in [-0.3, -0.25) is 30.3 Å². The largest absolute Gasteiger partial charge is 0.478 e. The van der Waals surface area contributed by atoms with E-state index >= 15 is 0 Å². The van der Waals surface area contributed by atoms with Crippen LogP contribution in [0.2, 0.25) is 10.0 Å². The van der Waals surface area contributed by atoms with Crippen molar-refractivity contribution >= 4 is 52.2 Å². The first-order valence-corrected chi connectivity index (χ1v) is 8.04. The van der Waals surface area contributed by atoms with Crippen molar-refractivity contribution in [1.82, 2.24) is 0 Å². The molecule has 0 saturated carbocycles. The van der Waals surface area contributed by atoms with Crippen LogP contribution in [-0.2, 0) is 4.74 Å². The van der Waals surface area contributed by atoms with Gasteiger partial charge in [0.25, 0.3) is 17.1 Å². The Morgan fingerprint density at radius 2 is 1.50 bits per heavy atom. The predicted octanol–water partition coefficient (Wildman–Crippen LogP) is 3.89. The van der Waals surface area contributed by atoms with Gasteiger partial charge in [-0.15, -0.1) is 0 Å². The highest BCUT2D eigenvalue weighted by atomic mass is 35.5. The average Bonchev–Trinajstić information content (AvgIpc) is 2.67. The van der Waals surface area contributed by atoms with Crippen LogP contribution in [0.3, 0.4) is 0 Å². The second kappa shape index (κ2) is 10.1. The van der Waals surface area contributed by atoms with E-state index in [0.29, 0.717) is 6.07 Å². The van der Waals surface area contributed by atoms with Gasteiger partial charge in [-0.1, -0.05) is 23.2 Å². The molecule has 0 saturated heterocycles. The summed E-state index contributed by atoms with van der Waals surface area (Å²) < 4.78 is 4.32. The number of hydrogen-bond donors (Lipinski definition) is 1. The number of rotatable bonds is 5. The van der Waals surface area contributed by atoms with Crippen LogP contribution in [0.1, 0.15) is 20.7 Å². The number of nitrogens with zero attached hydrogens (tertiary/aromatic N) is 3. The summed E-state index contributed by atoms with van der Waals surface area (Å²) in [5, 5.41) is 39.4. The van der Waals surface area contributed by atoms with Crippen molar-refractivity contribution in [2.75, 3.05) is 7.11 Å². The van der Waals surface area contributed by atoms with Crippen molar-refractivity contribution in [2.24, 2.45) is 0 Å². The van der Waals surface area contributed by atoms with Crippen LogP contribution in [0.4, 0.5) is 17.1 Å². The highest BCUT2D eigenvalue weighted by Crippen LogP contribution is 2.33. The lowest BCUT2D eigenvalue weighted by atomic mass is 10.1. The number of halogens is 2. The third kappa shape index (κ3) is 5.83. The fraction of sp³-hybridized carbons (Fsp3) is 0.0667. The van der Waals surface area contributed by atoms with E-state index in [9.17, 15) is 39.9 Å². The molecule has 0 atom stereocenters. The Balaban J connectivity index is 0.000000311. The summed E-state index contributed by atoms with van der Waals surface area (Å²) in [4.78, 5) is 50.6. The summed E-state index contributed by atoms with van der Waals surface area (Å²) >= 11 is 11.1. The molecule has 0 radical (unpaired) electrons. The molecular weight excluding hydrogens is 453 g/mol. The van der Waals surface area contributed by atoms with Gasteiger partial charge in [0.1, 0.15) is 10.0 Å².